The van der Waals surface area contributed by atoms with E-state index in [1.807, 2.05) is 11.8 Å². The minimum Gasteiger partial charge on any atom is -0.353 e. The van der Waals surface area contributed by atoms with Crippen molar-refractivity contribution in [2.45, 2.75) is 64.3 Å². The van der Waals surface area contributed by atoms with Crippen molar-refractivity contribution in [1.29, 1.82) is 0 Å². The maximum Gasteiger partial charge on any atom is 0.241 e. The number of anilines is 1. The van der Waals surface area contributed by atoms with Gasteiger partial charge >= 0.3 is 0 Å². The first-order chi connectivity index (χ1) is 16.1. The molecular formula is C26H34N4O2S. The van der Waals surface area contributed by atoms with Crippen LogP contribution in [0.3, 0.4) is 0 Å². The van der Waals surface area contributed by atoms with Gasteiger partial charge in [0.05, 0.1) is 23.2 Å². The lowest BCUT2D eigenvalue weighted by atomic mass is 9.93. The van der Waals surface area contributed by atoms with E-state index in [9.17, 15) is 9.59 Å². The first kappa shape index (κ1) is 22.5. The lowest BCUT2D eigenvalue weighted by Crippen LogP contribution is -2.49. The molecule has 1 saturated carbocycles. The molecule has 2 amide bonds. The van der Waals surface area contributed by atoms with E-state index >= 15 is 0 Å². The number of carbonyl (C=O) groups excluding carboxylic acids is 2. The summed E-state index contributed by atoms with van der Waals surface area (Å²) >= 11 is 1.66. The van der Waals surface area contributed by atoms with Crippen molar-refractivity contribution < 1.29 is 9.59 Å². The van der Waals surface area contributed by atoms with Crippen molar-refractivity contribution in [3.8, 4) is 11.3 Å². The number of nitrogens with one attached hydrogen (secondary N) is 1. The van der Waals surface area contributed by atoms with Crippen LogP contribution in [-0.2, 0) is 16.0 Å². The Kier molecular flexibility index (Phi) is 6.79. The van der Waals surface area contributed by atoms with E-state index in [0.29, 0.717) is 19.1 Å². The predicted octanol–water partition coefficient (Wildman–Crippen LogP) is 4.17. The van der Waals surface area contributed by atoms with E-state index in [0.717, 1.165) is 67.1 Å². The average molecular weight is 467 g/mol. The molecule has 0 spiro atoms. The molecule has 1 aromatic carbocycles. The molecule has 2 aliphatic heterocycles. The van der Waals surface area contributed by atoms with Crippen LogP contribution in [0.1, 0.15) is 55.5 Å². The van der Waals surface area contributed by atoms with Gasteiger partial charge in [0, 0.05) is 35.8 Å². The fraction of sp³-hybridized carbons (Fsp3) is 0.577. The predicted molar refractivity (Wildman–Crippen MR) is 133 cm³/mol. The number of hydrogen-bond acceptors (Lipinski definition) is 5. The molecule has 1 aliphatic carbocycles. The van der Waals surface area contributed by atoms with Crippen molar-refractivity contribution in [2.24, 2.45) is 5.92 Å². The zero-order chi connectivity index (χ0) is 22.8. The van der Waals surface area contributed by atoms with Crippen molar-refractivity contribution >= 4 is 28.8 Å². The summed E-state index contributed by atoms with van der Waals surface area (Å²) in [6.07, 6.45) is 8.73. The summed E-state index contributed by atoms with van der Waals surface area (Å²) < 4.78 is 0. The van der Waals surface area contributed by atoms with Crippen molar-refractivity contribution in [3.63, 3.8) is 0 Å². The first-order valence-electron chi connectivity index (χ1n) is 12.5. The largest absolute Gasteiger partial charge is 0.353 e. The summed E-state index contributed by atoms with van der Waals surface area (Å²) in [6, 6.07) is 6.68. The Bertz CT molecular complexity index is 1010. The third kappa shape index (κ3) is 5.14. The molecule has 1 atom stereocenters. The highest BCUT2D eigenvalue weighted by molar-refractivity contribution is 7.09. The number of aryl methyl sites for hydroxylation is 1. The zero-order valence-corrected chi connectivity index (χ0v) is 20.3. The van der Waals surface area contributed by atoms with Gasteiger partial charge in [0.1, 0.15) is 0 Å². The summed E-state index contributed by atoms with van der Waals surface area (Å²) in [5.74, 6) is 0.332. The number of fused-ring (bicyclic) bond motifs is 1. The minimum absolute atomic E-state index is 0.00321. The van der Waals surface area contributed by atoms with Crippen LogP contribution in [0.2, 0.25) is 0 Å². The average Bonchev–Trinajstić information content (AvgIpc) is 3.45. The van der Waals surface area contributed by atoms with Crippen LogP contribution < -0.4 is 10.2 Å². The third-order valence-corrected chi connectivity index (χ3v) is 8.15. The molecule has 7 heteroatoms. The molecule has 176 valence electrons. The number of rotatable bonds is 5. The molecule has 1 N–H and O–H groups in total. The second kappa shape index (κ2) is 9.94. The molecule has 1 unspecified atom stereocenters. The second-order valence-corrected chi connectivity index (χ2v) is 10.9. The van der Waals surface area contributed by atoms with Crippen LogP contribution in [0.4, 0.5) is 5.69 Å². The molecule has 3 heterocycles. The Labute approximate surface area is 200 Å². The van der Waals surface area contributed by atoms with Crippen LogP contribution in [0.5, 0.6) is 0 Å². The monoisotopic (exact) mass is 466 g/mol. The molecule has 2 aromatic rings. The van der Waals surface area contributed by atoms with Crippen molar-refractivity contribution in [3.05, 3.63) is 34.2 Å². The summed E-state index contributed by atoms with van der Waals surface area (Å²) in [7, 11) is 0. The quantitative estimate of drug-likeness (QED) is 0.718. The van der Waals surface area contributed by atoms with Gasteiger partial charge in [-0.2, -0.15) is 0 Å². The molecule has 0 bridgehead atoms. The summed E-state index contributed by atoms with van der Waals surface area (Å²) in [5.41, 5.74) is 4.38. The van der Waals surface area contributed by atoms with Gasteiger partial charge in [0.15, 0.2) is 0 Å². The van der Waals surface area contributed by atoms with E-state index < -0.39 is 0 Å². The smallest absolute Gasteiger partial charge is 0.241 e. The van der Waals surface area contributed by atoms with Crippen molar-refractivity contribution in [2.75, 3.05) is 31.1 Å². The van der Waals surface area contributed by atoms with Crippen LogP contribution in [0.15, 0.2) is 23.6 Å². The number of thiazole rings is 1. The zero-order valence-electron chi connectivity index (χ0n) is 19.5. The number of carbonyl (C=O) groups is 2. The fourth-order valence-electron chi connectivity index (χ4n) is 5.57. The topological polar surface area (TPSA) is 65.5 Å². The van der Waals surface area contributed by atoms with Gasteiger partial charge in [-0.25, -0.2) is 4.98 Å². The fourth-order valence-corrected chi connectivity index (χ4v) is 6.19. The van der Waals surface area contributed by atoms with Gasteiger partial charge < -0.3 is 10.2 Å². The van der Waals surface area contributed by atoms with Gasteiger partial charge in [-0.1, -0.05) is 25.3 Å². The molecule has 5 rings (SSSR count). The molecular weight excluding hydrogens is 432 g/mol. The number of hydrogen-bond donors (Lipinski definition) is 1. The number of benzene rings is 1. The summed E-state index contributed by atoms with van der Waals surface area (Å²) in [4.78, 5) is 34.7. The normalized spacial score (nSPS) is 21.7. The van der Waals surface area contributed by atoms with E-state index in [1.54, 1.807) is 11.3 Å². The maximum atomic E-state index is 13.2. The SMILES string of the molecule is Cc1nc(-c2ccc3c(c2)CCN3C(=O)CN2CCCC(C(=O)NC3CCCCC3)C2)cs1. The Balaban J connectivity index is 1.18. The summed E-state index contributed by atoms with van der Waals surface area (Å²) in [6.45, 7) is 4.72. The Morgan fingerprint density at radius 2 is 1.97 bits per heavy atom. The van der Waals surface area contributed by atoms with Crippen molar-refractivity contribution in [1.82, 2.24) is 15.2 Å². The van der Waals surface area contributed by atoms with Crippen LogP contribution in [0.25, 0.3) is 11.3 Å². The van der Waals surface area contributed by atoms with E-state index in [4.69, 9.17) is 0 Å². The van der Waals surface area contributed by atoms with Gasteiger partial charge in [-0.15, -0.1) is 11.3 Å². The summed E-state index contributed by atoms with van der Waals surface area (Å²) in [5, 5.41) is 6.44. The number of amides is 2. The first-order valence-corrected chi connectivity index (χ1v) is 13.3. The van der Waals surface area contributed by atoms with Gasteiger partial charge in [0.2, 0.25) is 11.8 Å². The highest BCUT2D eigenvalue weighted by Crippen LogP contribution is 2.33. The highest BCUT2D eigenvalue weighted by atomic mass is 32.1. The van der Waals surface area contributed by atoms with Crippen LogP contribution in [-0.4, -0.2) is 53.9 Å². The van der Waals surface area contributed by atoms with Gasteiger partial charge in [-0.3, -0.25) is 14.5 Å². The lowest BCUT2D eigenvalue weighted by Gasteiger charge is -2.34. The van der Waals surface area contributed by atoms with Crippen LogP contribution in [0, 0.1) is 12.8 Å². The Morgan fingerprint density at radius 3 is 2.76 bits per heavy atom. The molecule has 6 nitrogen and oxygen atoms in total. The second-order valence-electron chi connectivity index (χ2n) is 9.81. The highest BCUT2D eigenvalue weighted by Gasteiger charge is 2.31. The molecule has 33 heavy (non-hydrogen) atoms. The van der Waals surface area contributed by atoms with Gasteiger partial charge in [-0.05, 0) is 63.3 Å². The van der Waals surface area contributed by atoms with Crippen LogP contribution >= 0.6 is 11.3 Å². The number of nitrogens with zero attached hydrogens (tertiary/aromatic N) is 3. The lowest BCUT2D eigenvalue weighted by molar-refractivity contribution is -0.129. The molecule has 0 radical (unpaired) electrons. The van der Waals surface area contributed by atoms with Gasteiger partial charge in [0.25, 0.3) is 0 Å². The van der Waals surface area contributed by atoms with E-state index in [-0.39, 0.29) is 17.7 Å². The molecule has 3 aliphatic rings. The van der Waals surface area contributed by atoms with E-state index in [2.05, 4.69) is 38.8 Å². The molecule has 1 aromatic heterocycles. The maximum absolute atomic E-state index is 13.2. The third-order valence-electron chi connectivity index (χ3n) is 7.38. The Hall–Kier alpha value is -2.25. The number of aromatic nitrogens is 1. The standard InChI is InChI=1S/C26H34N4O2S/c1-18-27-23(17-33-18)19-9-10-24-20(14-19)11-13-30(24)25(31)16-29-12-5-6-21(15-29)26(32)28-22-7-3-2-4-8-22/h9-10,14,17,21-22H,2-8,11-13,15-16H2,1H3,(H,28,32). The van der Waals surface area contributed by atoms with E-state index in [1.165, 1.54) is 24.8 Å². The number of likely N-dealkylation sites (tertiary alicyclic amines) is 1. The molecule has 2 fully saturated rings. The number of piperidine rings is 1. The molecule has 1 saturated heterocycles. The Morgan fingerprint density at radius 1 is 1.12 bits per heavy atom. The minimum atomic E-state index is 0.00321.